The lowest BCUT2D eigenvalue weighted by Crippen LogP contribution is -2.27. The van der Waals surface area contributed by atoms with Crippen LogP contribution in [0.15, 0.2) is 279 Å². The molecule has 1 heterocycles. The molecule has 2 nitrogen and oxygen atoms in total. The van der Waals surface area contributed by atoms with Crippen LogP contribution in [0, 0.1) is 0 Å². The van der Waals surface area contributed by atoms with Gasteiger partial charge in [-0.3, -0.25) is 0 Å². The first-order valence-corrected chi connectivity index (χ1v) is 29.3. The predicted molar refractivity (Wildman–Crippen MR) is 351 cm³/mol. The van der Waals surface area contributed by atoms with E-state index in [1.54, 1.807) is 0 Å². The van der Waals surface area contributed by atoms with E-state index >= 15 is 0 Å². The fourth-order valence-electron chi connectivity index (χ4n) is 13.9. The van der Waals surface area contributed by atoms with Gasteiger partial charge in [0.1, 0.15) is 0 Å². The smallest absolute Gasteiger partial charge is 0.0725 e. The van der Waals surface area contributed by atoms with Crippen molar-refractivity contribution in [3.8, 4) is 72.4 Å². The molecule has 83 heavy (non-hydrogen) atoms. The number of aromatic nitrogens is 1. The third-order valence-electron chi connectivity index (χ3n) is 17.9. The zero-order valence-electron chi connectivity index (χ0n) is 48.0. The van der Waals surface area contributed by atoms with E-state index in [0.717, 1.165) is 39.4 Å². The molecule has 13 aromatic rings. The molecule has 0 radical (unpaired) electrons. The van der Waals surface area contributed by atoms with E-state index in [4.69, 9.17) is 0 Å². The Bertz CT molecular complexity index is 4630. The molecular formula is C81H64N2. The summed E-state index contributed by atoms with van der Waals surface area (Å²) in [7, 11) is 0. The quantitative estimate of drug-likeness (QED) is 0.147. The van der Waals surface area contributed by atoms with E-state index in [1.807, 2.05) is 0 Å². The van der Waals surface area contributed by atoms with E-state index in [9.17, 15) is 0 Å². The SMILES string of the molecule is CC(C)(C)c1ccc2c(c1)C1(c3ccccc3-c3cc(N(c4cccc(-c5ccc6c7ccccc7n(-c7ccccc7)c6c5)c4)c4ccccc4-c4ccccc4-c4ccccc4-c4ccccc4)ccc31)c1cc(C(C)(C)C)ccc1-2. The van der Waals surface area contributed by atoms with Crippen molar-refractivity contribution in [3.05, 3.63) is 312 Å². The summed E-state index contributed by atoms with van der Waals surface area (Å²) in [5, 5.41) is 2.48. The van der Waals surface area contributed by atoms with Crippen molar-refractivity contribution in [2.45, 2.75) is 57.8 Å². The zero-order valence-corrected chi connectivity index (χ0v) is 48.0. The fraction of sp³-hybridized carbons (Fsp3) is 0.111. The first-order chi connectivity index (χ1) is 40.4. The highest BCUT2D eigenvalue weighted by Crippen LogP contribution is 2.64. The van der Waals surface area contributed by atoms with E-state index in [-0.39, 0.29) is 10.8 Å². The Kier molecular flexibility index (Phi) is 11.6. The van der Waals surface area contributed by atoms with Crippen molar-refractivity contribution in [3.63, 3.8) is 0 Å². The van der Waals surface area contributed by atoms with Crippen molar-refractivity contribution in [1.82, 2.24) is 4.57 Å². The molecule has 12 aromatic carbocycles. The minimum absolute atomic E-state index is 0.0386. The topological polar surface area (TPSA) is 8.17 Å². The van der Waals surface area contributed by atoms with Crippen molar-refractivity contribution in [2.75, 3.05) is 4.90 Å². The lowest BCUT2D eigenvalue weighted by Gasteiger charge is -2.33. The summed E-state index contributed by atoms with van der Waals surface area (Å²) in [6.07, 6.45) is 0. The summed E-state index contributed by atoms with van der Waals surface area (Å²) in [4.78, 5) is 2.53. The van der Waals surface area contributed by atoms with Crippen molar-refractivity contribution >= 4 is 38.9 Å². The van der Waals surface area contributed by atoms with Gasteiger partial charge in [-0.1, -0.05) is 266 Å². The van der Waals surface area contributed by atoms with Crippen LogP contribution >= 0.6 is 0 Å². The Hall–Kier alpha value is -9.76. The normalized spacial score (nSPS) is 13.0. The molecule has 0 atom stereocenters. The van der Waals surface area contributed by atoms with E-state index in [0.29, 0.717) is 0 Å². The first kappa shape index (κ1) is 50.2. The Balaban J connectivity index is 0.970. The summed E-state index contributed by atoms with van der Waals surface area (Å²) in [6, 6.07) is 105. The van der Waals surface area contributed by atoms with Gasteiger partial charge < -0.3 is 9.47 Å². The molecule has 1 aromatic heterocycles. The highest BCUT2D eigenvalue weighted by molar-refractivity contribution is 6.10. The third kappa shape index (κ3) is 7.99. The van der Waals surface area contributed by atoms with Gasteiger partial charge in [0.25, 0.3) is 0 Å². The van der Waals surface area contributed by atoms with Gasteiger partial charge in [-0.25, -0.2) is 0 Å². The van der Waals surface area contributed by atoms with Crippen LogP contribution in [0.1, 0.15) is 74.9 Å². The van der Waals surface area contributed by atoms with Crippen LogP contribution in [-0.4, -0.2) is 4.57 Å². The number of hydrogen-bond acceptors (Lipinski definition) is 1. The highest BCUT2D eigenvalue weighted by Gasteiger charge is 2.52. The second-order valence-corrected chi connectivity index (χ2v) is 24.8. The van der Waals surface area contributed by atoms with Gasteiger partial charge in [0, 0.05) is 33.4 Å². The average molecular weight is 1070 g/mol. The molecule has 0 fully saturated rings. The number of fused-ring (bicyclic) bond motifs is 13. The summed E-state index contributed by atoms with van der Waals surface area (Å²) in [6.45, 7) is 14.1. The summed E-state index contributed by atoms with van der Waals surface area (Å²) < 4.78 is 2.41. The number of anilines is 3. The van der Waals surface area contributed by atoms with Crippen LogP contribution in [-0.2, 0) is 16.2 Å². The maximum atomic E-state index is 2.55. The third-order valence-corrected chi connectivity index (χ3v) is 17.9. The van der Waals surface area contributed by atoms with Crippen molar-refractivity contribution in [1.29, 1.82) is 0 Å². The second kappa shape index (κ2) is 19.2. The molecule has 2 heteroatoms. The van der Waals surface area contributed by atoms with Gasteiger partial charge in [-0.05, 0) is 160 Å². The van der Waals surface area contributed by atoms with Crippen molar-refractivity contribution < 1.29 is 0 Å². The Labute approximate surface area is 488 Å². The van der Waals surface area contributed by atoms with Crippen LogP contribution in [0.25, 0.3) is 94.3 Å². The second-order valence-electron chi connectivity index (χ2n) is 24.8. The molecule has 398 valence electrons. The number of rotatable bonds is 8. The summed E-state index contributed by atoms with van der Waals surface area (Å²) >= 11 is 0. The van der Waals surface area contributed by atoms with E-state index < -0.39 is 5.41 Å². The van der Waals surface area contributed by atoms with Gasteiger partial charge in [-0.2, -0.15) is 0 Å². The Morgan fingerprint density at radius 1 is 0.289 bits per heavy atom. The van der Waals surface area contributed by atoms with Crippen LogP contribution in [0.2, 0.25) is 0 Å². The van der Waals surface area contributed by atoms with Crippen LogP contribution in [0.4, 0.5) is 17.1 Å². The molecular weight excluding hydrogens is 1000 g/mol. The monoisotopic (exact) mass is 1060 g/mol. The number of para-hydroxylation sites is 3. The molecule has 2 aliphatic carbocycles. The molecule has 0 aliphatic heterocycles. The molecule has 0 amide bonds. The highest BCUT2D eigenvalue weighted by atomic mass is 15.1. The molecule has 0 N–H and O–H groups in total. The lowest BCUT2D eigenvalue weighted by molar-refractivity contribution is 0.586. The van der Waals surface area contributed by atoms with Crippen LogP contribution < -0.4 is 4.90 Å². The fourth-order valence-corrected chi connectivity index (χ4v) is 13.9. The molecule has 15 rings (SSSR count). The average Bonchev–Trinajstić information content (AvgIpc) is 1.70. The summed E-state index contributed by atoms with van der Waals surface area (Å²) in [5.41, 5.74) is 28.8. The van der Waals surface area contributed by atoms with Gasteiger partial charge in [0.2, 0.25) is 0 Å². The van der Waals surface area contributed by atoms with E-state index in [1.165, 1.54) is 105 Å². The van der Waals surface area contributed by atoms with Gasteiger partial charge in [0.05, 0.1) is 22.1 Å². The standard InChI is InChI=1S/C81H64N2/c1-79(2,3)56-41-45-66-67-46-42-57(80(4,5)6)51-75(67)81(74(66)50-56)72-37-20-17-34-65(72)71-52-60(43-47-73(71)81)82(76-38-21-18-35-68(76)64-33-16-15-32-63(64)62-31-14-13-30-61(62)53-24-9-7-10-25-53)59-29-23-26-54(48-59)55-40-44-70-69-36-19-22-39-77(69)83(78(70)49-55)58-27-11-8-12-28-58/h7-52H,1-6H3. The molecule has 2 aliphatic rings. The molecule has 0 unspecified atom stereocenters. The largest absolute Gasteiger partial charge is 0.310 e. The zero-order chi connectivity index (χ0) is 56.2. The molecule has 1 spiro atoms. The predicted octanol–water partition coefficient (Wildman–Crippen LogP) is 21.9. The molecule has 0 bridgehead atoms. The number of nitrogens with zero attached hydrogens (tertiary/aromatic N) is 2. The van der Waals surface area contributed by atoms with Crippen LogP contribution in [0.5, 0.6) is 0 Å². The van der Waals surface area contributed by atoms with Gasteiger partial charge >= 0.3 is 0 Å². The Morgan fingerprint density at radius 2 is 0.783 bits per heavy atom. The first-order valence-electron chi connectivity index (χ1n) is 29.3. The molecule has 0 saturated heterocycles. The minimum Gasteiger partial charge on any atom is -0.310 e. The summed E-state index contributed by atoms with van der Waals surface area (Å²) in [5.74, 6) is 0. The van der Waals surface area contributed by atoms with Gasteiger partial charge in [-0.15, -0.1) is 0 Å². The minimum atomic E-state index is -0.522. The molecule has 0 saturated carbocycles. The van der Waals surface area contributed by atoms with Gasteiger partial charge in [0.15, 0.2) is 0 Å². The lowest BCUT2D eigenvalue weighted by atomic mass is 9.69. The van der Waals surface area contributed by atoms with Crippen LogP contribution in [0.3, 0.4) is 0 Å². The number of hydrogen-bond donors (Lipinski definition) is 0. The maximum absolute atomic E-state index is 2.55. The number of benzene rings is 12. The Morgan fingerprint density at radius 3 is 1.47 bits per heavy atom. The van der Waals surface area contributed by atoms with E-state index in [2.05, 4.69) is 330 Å². The maximum Gasteiger partial charge on any atom is 0.0725 e. The van der Waals surface area contributed by atoms with Crippen molar-refractivity contribution in [2.24, 2.45) is 0 Å².